The second kappa shape index (κ2) is 7.77. The number of carbonyl (C=O) groups is 1. The quantitative estimate of drug-likeness (QED) is 0.626. The zero-order valence-corrected chi connectivity index (χ0v) is 16.8. The Morgan fingerprint density at radius 1 is 1.42 bits per heavy atom. The van der Waals surface area contributed by atoms with Crippen LogP contribution in [0.3, 0.4) is 0 Å². The molecule has 0 unspecified atom stereocenters. The molecule has 0 bridgehead atoms. The van der Waals surface area contributed by atoms with Crippen molar-refractivity contribution in [3.8, 4) is 6.07 Å². The molecule has 3 rings (SSSR count). The minimum atomic E-state index is -0.134. The highest BCUT2D eigenvalue weighted by molar-refractivity contribution is 7.99. The van der Waals surface area contributed by atoms with Crippen molar-refractivity contribution in [2.45, 2.75) is 45.2 Å². The van der Waals surface area contributed by atoms with Crippen LogP contribution in [0.25, 0.3) is 0 Å². The molecule has 0 fully saturated rings. The number of thioether (sulfide) groups is 1. The number of rotatable bonds is 4. The molecular formula is C19H22N4OS2. The monoisotopic (exact) mass is 386 g/mol. The maximum Gasteiger partial charge on any atom is 0.235 e. The van der Waals surface area contributed by atoms with E-state index in [1.54, 1.807) is 29.8 Å². The first kappa shape index (κ1) is 18.9. The minimum absolute atomic E-state index is 0.134. The molecule has 0 saturated carbocycles. The van der Waals surface area contributed by atoms with Gasteiger partial charge in [-0.25, -0.2) is 9.97 Å². The maximum absolute atomic E-state index is 12.3. The predicted octanol–water partition coefficient (Wildman–Crippen LogP) is 4.29. The summed E-state index contributed by atoms with van der Waals surface area (Å²) in [6.07, 6.45) is 6.30. The van der Waals surface area contributed by atoms with Crippen LogP contribution >= 0.6 is 23.1 Å². The van der Waals surface area contributed by atoms with Crippen molar-refractivity contribution in [2.24, 2.45) is 11.3 Å². The molecule has 1 aliphatic carbocycles. The van der Waals surface area contributed by atoms with Gasteiger partial charge in [0.25, 0.3) is 0 Å². The Labute approximate surface area is 162 Å². The van der Waals surface area contributed by atoms with Gasteiger partial charge in [-0.3, -0.25) is 4.79 Å². The number of nitriles is 1. The van der Waals surface area contributed by atoms with E-state index in [0.29, 0.717) is 21.6 Å². The molecule has 5 nitrogen and oxygen atoms in total. The van der Waals surface area contributed by atoms with Crippen LogP contribution in [0.4, 0.5) is 5.00 Å². The Hall–Kier alpha value is -1.91. The topological polar surface area (TPSA) is 78.7 Å². The number of carbonyl (C=O) groups excluding carboxylic acids is 1. The summed E-state index contributed by atoms with van der Waals surface area (Å²) < 4.78 is 0. The van der Waals surface area contributed by atoms with Gasteiger partial charge >= 0.3 is 0 Å². The highest BCUT2D eigenvalue weighted by atomic mass is 32.2. The first-order valence-corrected chi connectivity index (χ1v) is 10.4. The smallest absolute Gasteiger partial charge is 0.235 e. The number of hydrogen-bond acceptors (Lipinski definition) is 6. The lowest BCUT2D eigenvalue weighted by Crippen LogP contribution is -2.26. The standard InChI is InChI=1S/C19H22N4OS2/c1-19(2,3)12-5-6-13-14(10-20)17(26-15(13)9-12)23-16(24)11-25-18-21-7-4-8-22-18/h4,7-8,12H,5-6,9,11H2,1-3H3,(H,23,24)/t12-/m1/s1. The van der Waals surface area contributed by atoms with E-state index >= 15 is 0 Å². The Morgan fingerprint density at radius 2 is 2.15 bits per heavy atom. The summed E-state index contributed by atoms with van der Waals surface area (Å²) in [5.74, 6) is 0.696. The number of fused-ring (bicyclic) bond motifs is 1. The third kappa shape index (κ3) is 4.25. The Morgan fingerprint density at radius 3 is 2.81 bits per heavy atom. The van der Waals surface area contributed by atoms with Gasteiger partial charge < -0.3 is 5.32 Å². The van der Waals surface area contributed by atoms with Gasteiger partial charge in [0.1, 0.15) is 11.1 Å². The van der Waals surface area contributed by atoms with E-state index in [1.165, 1.54) is 16.6 Å². The fraction of sp³-hybridized carbons (Fsp3) is 0.474. The first-order chi connectivity index (χ1) is 12.4. The van der Waals surface area contributed by atoms with Crippen molar-refractivity contribution < 1.29 is 4.79 Å². The SMILES string of the molecule is CC(C)(C)[C@@H]1CCc2c(sc(NC(=O)CSc3ncccn3)c2C#N)C1. The summed E-state index contributed by atoms with van der Waals surface area (Å²) in [5.41, 5.74) is 2.03. The highest BCUT2D eigenvalue weighted by Gasteiger charge is 2.32. The van der Waals surface area contributed by atoms with E-state index in [0.717, 1.165) is 24.8 Å². The molecule has 0 aliphatic heterocycles. The van der Waals surface area contributed by atoms with Gasteiger partial charge in [0.15, 0.2) is 5.16 Å². The van der Waals surface area contributed by atoms with Crippen molar-refractivity contribution >= 4 is 34.0 Å². The molecule has 136 valence electrons. The molecule has 2 aromatic rings. The lowest BCUT2D eigenvalue weighted by Gasteiger charge is -2.33. The molecule has 26 heavy (non-hydrogen) atoms. The van der Waals surface area contributed by atoms with Gasteiger partial charge in [-0.1, -0.05) is 32.5 Å². The van der Waals surface area contributed by atoms with Gasteiger partial charge in [-0.15, -0.1) is 11.3 Å². The van der Waals surface area contributed by atoms with Gasteiger partial charge in [0.2, 0.25) is 5.91 Å². The third-order valence-electron chi connectivity index (χ3n) is 4.73. The van der Waals surface area contributed by atoms with E-state index < -0.39 is 0 Å². The molecule has 1 N–H and O–H groups in total. The predicted molar refractivity (Wildman–Crippen MR) is 105 cm³/mol. The van der Waals surface area contributed by atoms with E-state index in [9.17, 15) is 10.1 Å². The third-order valence-corrected chi connectivity index (χ3v) is 6.77. The van der Waals surface area contributed by atoms with Crippen molar-refractivity contribution in [1.82, 2.24) is 9.97 Å². The Kier molecular flexibility index (Phi) is 5.64. The van der Waals surface area contributed by atoms with Crippen LogP contribution in [-0.4, -0.2) is 21.6 Å². The van der Waals surface area contributed by atoms with E-state index in [1.807, 2.05) is 0 Å². The summed E-state index contributed by atoms with van der Waals surface area (Å²) in [5, 5.41) is 13.8. The second-order valence-electron chi connectivity index (χ2n) is 7.49. The van der Waals surface area contributed by atoms with Crippen LogP contribution in [0.15, 0.2) is 23.6 Å². The molecule has 0 aromatic carbocycles. The number of hydrogen-bond donors (Lipinski definition) is 1. The summed E-state index contributed by atoms with van der Waals surface area (Å²) in [6, 6.07) is 4.04. The largest absolute Gasteiger partial charge is 0.316 e. The number of nitrogens with one attached hydrogen (secondary N) is 1. The summed E-state index contributed by atoms with van der Waals surface area (Å²) >= 11 is 2.85. The van der Waals surface area contributed by atoms with Gasteiger partial charge in [-0.2, -0.15) is 5.26 Å². The van der Waals surface area contributed by atoms with Gasteiger partial charge in [0, 0.05) is 17.3 Å². The zero-order chi connectivity index (χ0) is 18.7. The van der Waals surface area contributed by atoms with Crippen molar-refractivity contribution in [1.29, 1.82) is 5.26 Å². The zero-order valence-electron chi connectivity index (χ0n) is 15.2. The van der Waals surface area contributed by atoms with Crippen molar-refractivity contribution in [2.75, 3.05) is 11.1 Å². The average molecular weight is 387 g/mol. The van der Waals surface area contributed by atoms with Crippen LogP contribution in [0.2, 0.25) is 0 Å². The summed E-state index contributed by atoms with van der Waals surface area (Å²) in [6.45, 7) is 6.81. The van der Waals surface area contributed by atoms with Crippen LogP contribution in [-0.2, 0) is 17.6 Å². The fourth-order valence-corrected chi connectivity index (χ4v) is 5.08. The maximum atomic E-state index is 12.3. The highest BCUT2D eigenvalue weighted by Crippen LogP contribution is 2.44. The van der Waals surface area contributed by atoms with E-state index in [4.69, 9.17) is 0 Å². The molecular weight excluding hydrogens is 364 g/mol. The number of anilines is 1. The molecule has 1 aliphatic rings. The number of amides is 1. The Balaban J connectivity index is 1.70. The van der Waals surface area contributed by atoms with Crippen LogP contribution in [0.5, 0.6) is 0 Å². The average Bonchev–Trinajstić information content (AvgIpc) is 2.96. The second-order valence-corrected chi connectivity index (χ2v) is 9.54. The molecule has 0 saturated heterocycles. The minimum Gasteiger partial charge on any atom is -0.316 e. The van der Waals surface area contributed by atoms with E-state index in [2.05, 4.69) is 42.1 Å². The molecule has 1 amide bonds. The van der Waals surface area contributed by atoms with Crippen molar-refractivity contribution in [3.05, 3.63) is 34.5 Å². The molecule has 0 radical (unpaired) electrons. The number of thiophene rings is 1. The van der Waals surface area contributed by atoms with E-state index in [-0.39, 0.29) is 17.1 Å². The van der Waals surface area contributed by atoms with Gasteiger partial charge in [-0.05, 0) is 42.2 Å². The summed E-state index contributed by atoms with van der Waals surface area (Å²) in [7, 11) is 0. The van der Waals surface area contributed by atoms with Crippen molar-refractivity contribution in [3.63, 3.8) is 0 Å². The molecule has 1 atom stereocenters. The van der Waals surface area contributed by atoms with Crippen LogP contribution < -0.4 is 5.32 Å². The number of aromatic nitrogens is 2. The lowest BCUT2D eigenvalue weighted by molar-refractivity contribution is -0.113. The molecule has 0 spiro atoms. The summed E-state index contributed by atoms with van der Waals surface area (Å²) in [4.78, 5) is 21.7. The molecule has 2 heterocycles. The first-order valence-electron chi connectivity index (χ1n) is 8.62. The van der Waals surface area contributed by atoms with Crippen LogP contribution in [0, 0.1) is 22.7 Å². The lowest BCUT2D eigenvalue weighted by atomic mass is 9.72. The Bertz CT molecular complexity index is 834. The molecule has 7 heteroatoms. The fourth-order valence-electron chi connectivity index (χ4n) is 3.18. The molecule has 2 aromatic heterocycles. The van der Waals surface area contributed by atoms with Gasteiger partial charge in [0.05, 0.1) is 11.3 Å². The van der Waals surface area contributed by atoms with Crippen LogP contribution in [0.1, 0.15) is 43.2 Å². The normalized spacial score (nSPS) is 16.6. The number of nitrogens with zero attached hydrogens (tertiary/aromatic N) is 3.